The summed E-state index contributed by atoms with van der Waals surface area (Å²) in [6, 6.07) is 34.8. The van der Waals surface area contributed by atoms with Gasteiger partial charge in [-0.3, -0.25) is 28.9 Å². The maximum absolute atomic E-state index is 14.2. The van der Waals surface area contributed by atoms with Gasteiger partial charge in [-0.25, -0.2) is 4.79 Å². The SMILES string of the molecule is CCCCCCCCCCCCCCNC(=O)C1CN(C(=O)c2ccc(C(=O)N3C[C@@H](C(=O)N[C@H]4C[C@@H]4c4ccccc4)[C@H](C(=O)N[C@H]4C[C@@H]4c4ccccc4)C3)cc2)CCN1C(=O)OCc1ccccc1. The summed E-state index contributed by atoms with van der Waals surface area (Å²) in [5.74, 6) is -2.50. The number of likely N-dealkylation sites (tertiary alicyclic amines) is 1. The summed E-state index contributed by atoms with van der Waals surface area (Å²) in [5.41, 5.74) is 3.80. The van der Waals surface area contributed by atoms with E-state index in [0.717, 1.165) is 48.8 Å². The summed E-state index contributed by atoms with van der Waals surface area (Å²) in [6.45, 7) is 3.20. The first kappa shape index (κ1) is 51.8. The molecule has 0 aromatic heterocycles. The van der Waals surface area contributed by atoms with Gasteiger partial charge in [0.15, 0.2) is 0 Å². The van der Waals surface area contributed by atoms with Gasteiger partial charge >= 0.3 is 6.09 Å². The number of carbonyl (C=O) groups excluding carboxylic acids is 6. The van der Waals surface area contributed by atoms with E-state index >= 15 is 0 Å². The van der Waals surface area contributed by atoms with Gasteiger partial charge in [-0.2, -0.15) is 0 Å². The van der Waals surface area contributed by atoms with Gasteiger partial charge in [0.05, 0.1) is 18.4 Å². The first-order valence-corrected chi connectivity index (χ1v) is 26.8. The molecule has 2 heterocycles. The van der Waals surface area contributed by atoms with E-state index in [9.17, 15) is 28.8 Å². The molecule has 0 spiro atoms. The number of nitrogens with zero attached hydrogens (tertiary/aromatic N) is 3. The Morgan fingerprint density at radius 3 is 1.47 bits per heavy atom. The van der Waals surface area contributed by atoms with Crippen molar-refractivity contribution in [1.29, 1.82) is 0 Å². The van der Waals surface area contributed by atoms with Crippen LogP contribution in [-0.4, -0.2) is 108 Å². The molecule has 8 rings (SSSR count). The number of benzene rings is 4. The molecule has 7 atom stereocenters. The van der Waals surface area contributed by atoms with E-state index in [1.807, 2.05) is 66.7 Å². The van der Waals surface area contributed by atoms with Crippen molar-refractivity contribution in [2.45, 2.75) is 133 Å². The van der Waals surface area contributed by atoms with E-state index in [-0.39, 0.29) is 92.8 Å². The van der Waals surface area contributed by atoms with Crippen molar-refractivity contribution in [2.24, 2.45) is 11.8 Å². The van der Waals surface area contributed by atoms with Gasteiger partial charge in [0, 0.05) is 67.8 Å². The lowest BCUT2D eigenvalue weighted by molar-refractivity contribution is -0.133. The van der Waals surface area contributed by atoms with Crippen LogP contribution >= 0.6 is 0 Å². The molecular formula is C59H74N6O7. The van der Waals surface area contributed by atoms with Crippen molar-refractivity contribution in [3.05, 3.63) is 143 Å². The molecule has 13 heteroatoms. The molecule has 382 valence electrons. The fraction of sp³-hybridized carbons (Fsp3) is 0.492. The Hall–Kier alpha value is -6.50. The molecular weight excluding hydrogens is 905 g/mol. The summed E-state index contributed by atoms with van der Waals surface area (Å²) in [6.07, 6.45) is 15.5. The largest absolute Gasteiger partial charge is 0.445 e. The van der Waals surface area contributed by atoms with Gasteiger partial charge in [-0.05, 0) is 60.2 Å². The molecule has 4 aromatic rings. The number of ether oxygens (including phenoxy) is 1. The molecule has 13 nitrogen and oxygen atoms in total. The number of carbonyl (C=O) groups is 6. The number of amides is 6. The molecule has 0 radical (unpaired) electrons. The number of piperazine rings is 1. The molecule has 2 saturated heterocycles. The molecule has 0 bridgehead atoms. The smallest absolute Gasteiger partial charge is 0.410 e. The molecule has 2 saturated carbocycles. The zero-order valence-corrected chi connectivity index (χ0v) is 42.1. The average Bonchev–Trinajstić information content (AvgIpc) is 4.33. The summed E-state index contributed by atoms with van der Waals surface area (Å²) in [7, 11) is 0. The second-order valence-corrected chi connectivity index (χ2v) is 20.4. The van der Waals surface area contributed by atoms with Gasteiger partial charge in [0.25, 0.3) is 11.8 Å². The molecule has 4 aliphatic rings. The number of unbranched alkanes of at least 4 members (excludes halogenated alkanes) is 11. The van der Waals surface area contributed by atoms with Crippen LogP contribution < -0.4 is 16.0 Å². The molecule has 1 unspecified atom stereocenters. The fourth-order valence-electron chi connectivity index (χ4n) is 10.6. The third-order valence-corrected chi connectivity index (χ3v) is 15.1. The summed E-state index contributed by atoms with van der Waals surface area (Å²) in [4.78, 5) is 88.2. The van der Waals surface area contributed by atoms with Gasteiger partial charge in [0.2, 0.25) is 17.7 Å². The highest BCUT2D eigenvalue weighted by Crippen LogP contribution is 2.43. The molecule has 72 heavy (non-hydrogen) atoms. The molecule has 6 amide bonds. The Labute approximate surface area is 425 Å². The normalized spacial score (nSPS) is 22.2. The van der Waals surface area contributed by atoms with E-state index in [1.54, 1.807) is 34.1 Å². The summed E-state index contributed by atoms with van der Waals surface area (Å²) >= 11 is 0. The van der Waals surface area contributed by atoms with E-state index in [1.165, 1.54) is 62.7 Å². The van der Waals surface area contributed by atoms with E-state index in [2.05, 4.69) is 47.1 Å². The van der Waals surface area contributed by atoms with Crippen LogP contribution in [0.2, 0.25) is 0 Å². The van der Waals surface area contributed by atoms with Crippen LogP contribution in [0.25, 0.3) is 0 Å². The van der Waals surface area contributed by atoms with Crippen LogP contribution in [-0.2, 0) is 25.7 Å². The Bertz CT molecular complexity index is 2340. The van der Waals surface area contributed by atoms with Gasteiger partial charge in [-0.15, -0.1) is 0 Å². The maximum Gasteiger partial charge on any atom is 0.410 e. The second kappa shape index (κ2) is 25.7. The first-order valence-electron chi connectivity index (χ1n) is 26.8. The number of nitrogens with one attached hydrogen (secondary N) is 3. The lowest BCUT2D eigenvalue weighted by Crippen LogP contribution is -2.61. The zero-order chi connectivity index (χ0) is 50.2. The van der Waals surface area contributed by atoms with Crippen LogP contribution in [0.3, 0.4) is 0 Å². The monoisotopic (exact) mass is 979 g/mol. The molecule has 4 aromatic carbocycles. The van der Waals surface area contributed by atoms with Crippen molar-refractivity contribution in [2.75, 3.05) is 39.3 Å². The lowest BCUT2D eigenvalue weighted by Gasteiger charge is -2.39. The topological polar surface area (TPSA) is 157 Å². The number of hydrogen-bond acceptors (Lipinski definition) is 7. The predicted octanol–water partition coefficient (Wildman–Crippen LogP) is 9.00. The summed E-state index contributed by atoms with van der Waals surface area (Å²) in [5, 5.41) is 9.42. The van der Waals surface area contributed by atoms with Crippen molar-refractivity contribution in [3.8, 4) is 0 Å². The van der Waals surface area contributed by atoms with Crippen molar-refractivity contribution >= 4 is 35.6 Å². The number of hydrogen-bond donors (Lipinski definition) is 3. The second-order valence-electron chi connectivity index (χ2n) is 20.4. The highest BCUT2D eigenvalue weighted by atomic mass is 16.6. The predicted molar refractivity (Wildman–Crippen MR) is 278 cm³/mol. The maximum atomic E-state index is 14.2. The first-order chi connectivity index (χ1) is 35.2. The number of rotatable bonds is 24. The third kappa shape index (κ3) is 14.1. The third-order valence-electron chi connectivity index (χ3n) is 15.1. The fourth-order valence-corrected chi connectivity index (χ4v) is 10.6. The van der Waals surface area contributed by atoms with E-state index in [4.69, 9.17) is 4.74 Å². The average molecular weight is 979 g/mol. The zero-order valence-electron chi connectivity index (χ0n) is 42.1. The quantitative estimate of drug-likeness (QED) is 0.0592. The lowest BCUT2D eigenvalue weighted by atomic mass is 9.94. The Balaban J connectivity index is 0.864. The van der Waals surface area contributed by atoms with Crippen molar-refractivity contribution < 1.29 is 33.5 Å². The van der Waals surface area contributed by atoms with E-state index in [0.29, 0.717) is 17.7 Å². The van der Waals surface area contributed by atoms with Crippen LogP contribution in [0.5, 0.6) is 0 Å². The van der Waals surface area contributed by atoms with Crippen LogP contribution in [0, 0.1) is 11.8 Å². The highest BCUT2D eigenvalue weighted by molar-refractivity contribution is 5.99. The Morgan fingerprint density at radius 1 is 0.514 bits per heavy atom. The molecule has 3 N–H and O–H groups in total. The molecule has 4 fully saturated rings. The molecule has 2 aliphatic heterocycles. The minimum Gasteiger partial charge on any atom is -0.445 e. The minimum atomic E-state index is -0.956. The molecule has 2 aliphatic carbocycles. The van der Waals surface area contributed by atoms with E-state index < -0.39 is 24.0 Å². The van der Waals surface area contributed by atoms with Crippen LogP contribution in [0.1, 0.15) is 146 Å². The Kier molecular flexibility index (Phi) is 18.5. The summed E-state index contributed by atoms with van der Waals surface area (Å²) < 4.78 is 5.67. The van der Waals surface area contributed by atoms with Gasteiger partial charge in [-0.1, -0.05) is 169 Å². The van der Waals surface area contributed by atoms with Gasteiger partial charge in [0.1, 0.15) is 12.6 Å². The Morgan fingerprint density at radius 2 is 0.972 bits per heavy atom. The van der Waals surface area contributed by atoms with Crippen LogP contribution in [0.4, 0.5) is 4.79 Å². The van der Waals surface area contributed by atoms with Gasteiger partial charge < -0.3 is 30.5 Å². The standard InChI is InChI=1S/C59H74N6O7/c1-2-3-4-5-6-7-8-9-10-11-12-22-33-60-56(68)53-40-63(34-35-65(53)59(71)72-41-42-23-16-13-17-24-42)57(69)45-29-31-46(32-30-45)58(70)64-38-49(54(66)61-51-36-47(51)43-25-18-14-19-26-43)50(39-64)55(67)62-52-37-48(52)44-27-20-15-21-28-44/h13-21,23-32,47-53H,2-12,22,33-41H2,1H3,(H,60,68)(H,61,66)(H,62,67)/t47-,48-,49-,50-,51+,52+,53?/m1/s1. The van der Waals surface area contributed by atoms with Crippen molar-refractivity contribution in [1.82, 2.24) is 30.7 Å². The van der Waals surface area contributed by atoms with Crippen molar-refractivity contribution in [3.63, 3.8) is 0 Å². The minimum absolute atomic E-state index is 0.0230. The highest BCUT2D eigenvalue weighted by Gasteiger charge is 2.49. The van der Waals surface area contributed by atoms with Crippen LogP contribution in [0.15, 0.2) is 115 Å².